The highest BCUT2D eigenvalue weighted by atomic mass is 79.9. The van der Waals surface area contributed by atoms with E-state index in [2.05, 4.69) is 37.7 Å². The van der Waals surface area contributed by atoms with Crippen LogP contribution >= 0.6 is 27.3 Å². The van der Waals surface area contributed by atoms with E-state index < -0.39 is 6.10 Å². The van der Waals surface area contributed by atoms with Crippen LogP contribution in [0.4, 0.5) is 0 Å². The van der Waals surface area contributed by atoms with Crippen LogP contribution in [-0.2, 0) is 6.42 Å². The van der Waals surface area contributed by atoms with Crippen molar-refractivity contribution in [2.45, 2.75) is 18.9 Å². The molecule has 0 saturated heterocycles. The molecule has 2 rings (SSSR count). The first kappa shape index (κ1) is 11.8. The van der Waals surface area contributed by atoms with Gasteiger partial charge in [-0.3, -0.25) is 4.98 Å². The zero-order valence-corrected chi connectivity index (χ0v) is 11.0. The van der Waals surface area contributed by atoms with Crippen LogP contribution in [0, 0.1) is 0 Å². The number of aliphatic hydroxyl groups is 1. The first-order valence-corrected chi connectivity index (χ1v) is 6.79. The maximum absolute atomic E-state index is 9.99. The molecule has 0 radical (unpaired) electrons. The fraction of sp³-hybridized carbons (Fsp3) is 0.250. The fourth-order valence-corrected chi connectivity index (χ4v) is 2.60. The average molecular weight is 298 g/mol. The van der Waals surface area contributed by atoms with E-state index >= 15 is 0 Å². The van der Waals surface area contributed by atoms with Crippen LogP contribution in [-0.4, -0.2) is 10.1 Å². The monoisotopic (exact) mass is 297 g/mol. The Morgan fingerprint density at radius 3 is 3.00 bits per heavy atom. The van der Waals surface area contributed by atoms with Crippen LogP contribution in [0.1, 0.15) is 23.7 Å². The molecule has 4 heteroatoms. The van der Waals surface area contributed by atoms with Crippen molar-refractivity contribution < 1.29 is 5.11 Å². The van der Waals surface area contributed by atoms with Gasteiger partial charge in [0.05, 0.1) is 6.10 Å². The Bertz CT molecular complexity index is 444. The highest BCUT2D eigenvalue weighted by molar-refractivity contribution is 9.10. The molecule has 0 aromatic carbocycles. The lowest BCUT2D eigenvalue weighted by Gasteiger charge is -2.09. The molecule has 0 saturated carbocycles. The van der Waals surface area contributed by atoms with E-state index in [9.17, 15) is 5.11 Å². The summed E-state index contributed by atoms with van der Waals surface area (Å²) in [5.74, 6) is 0. The van der Waals surface area contributed by atoms with Gasteiger partial charge in [0.1, 0.15) is 0 Å². The molecule has 0 amide bonds. The van der Waals surface area contributed by atoms with Gasteiger partial charge in [-0.15, -0.1) is 0 Å². The van der Waals surface area contributed by atoms with E-state index in [0.29, 0.717) is 0 Å². The van der Waals surface area contributed by atoms with E-state index in [1.807, 2.05) is 6.07 Å². The Hall–Kier alpha value is -0.710. The molecule has 1 unspecified atom stereocenters. The van der Waals surface area contributed by atoms with Crippen LogP contribution in [0.25, 0.3) is 0 Å². The average Bonchev–Trinajstić information content (AvgIpc) is 2.78. The Morgan fingerprint density at radius 2 is 2.31 bits per heavy atom. The predicted octanol–water partition coefficient (Wildman–Crippen LogP) is 3.57. The molecule has 84 valence electrons. The molecular weight excluding hydrogens is 286 g/mol. The van der Waals surface area contributed by atoms with Crippen molar-refractivity contribution in [1.82, 2.24) is 4.98 Å². The smallest absolute Gasteiger partial charge is 0.0808 e. The normalized spacial score (nSPS) is 12.6. The van der Waals surface area contributed by atoms with Gasteiger partial charge in [0, 0.05) is 16.9 Å². The van der Waals surface area contributed by atoms with Gasteiger partial charge in [0.25, 0.3) is 0 Å². The molecule has 2 nitrogen and oxygen atoms in total. The van der Waals surface area contributed by atoms with E-state index in [1.54, 1.807) is 23.7 Å². The topological polar surface area (TPSA) is 33.1 Å². The second-order valence-corrected chi connectivity index (χ2v) is 5.32. The maximum Gasteiger partial charge on any atom is 0.0808 e. The molecule has 0 spiro atoms. The molecule has 2 aromatic rings. The van der Waals surface area contributed by atoms with Crippen molar-refractivity contribution in [3.05, 3.63) is 50.9 Å². The number of halogens is 1. The van der Waals surface area contributed by atoms with Gasteiger partial charge >= 0.3 is 0 Å². The van der Waals surface area contributed by atoms with Crippen LogP contribution in [0.2, 0.25) is 0 Å². The summed E-state index contributed by atoms with van der Waals surface area (Å²) in [6, 6.07) is 4.00. The molecule has 0 fully saturated rings. The number of rotatable bonds is 4. The molecule has 2 heterocycles. The Balaban J connectivity index is 1.95. The second-order valence-electron chi connectivity index (χ2n) is 3.62. The third-order valence-corrected chi connectivity index (χ3v) is 3.56. The minimum absolute atomic E-state index is 0.440. The third-order valence-electron chi connectivity index (χ3n) is 2.40. The summed E-state index contributed by atoms with van der Waals surface area (Å²) in [5, 5.41) is 14.2. The van der Waals surface area contributed by atoms with Crippen molar-refractivity contribution in [1.29, 1.82) is 0 Å². The summed E-state index contributed by atoms with van der Waals surface area (Å²) >= 11 is 5.04. The summed E-state index contributed by atoms with van der Waals surface area (Å²) in [5.41, 5.74) is 2.15. The van der Waals surface area contributed by atoms with Crippen molar-refractivity contribution in [2.75, 3.05) is 0 Å². The first-order valence-electron chi connectivity index (χ1n) is 5.05. The number of aryl methyl sites for hydroxylation is 1. The quantitative estimate of drug-likeness (QED) is 0.936. The lowest BCUT2D eigenvalue weighted by molar-refractivity contribution is 0.167. The minimum atomic E-state index is -0.440. The van der Waals surface area contributed by atoms with Gasteiger partial charge in [-0.2, -0.15) is 11.3 Å². The maximum atomic E-state index is 9.99. The first-order chi connectivity index (χ1) is 7.75. The van der Waals surface area contributed by atoms with Gasteiger partial charge in [-0.1, -0.05) is 0 Å². The SMILES string of the molecule is OC(CCc1ccsc1)c1cncc(Br)c1. The number of nitrogens with zero attached hydrogens (tertiary/aromatic N) is 1. The summed E-state index contributed by atoms with van der Waals surface area (Å²) in [6.07, 6.45) is 4.62. The van der Waals surface area contributed by atoms with E-state index in [4.69, 9.17) is 0 Å². The lowest BCUT2D eigenvalue weighted by atomic mass is 10.0. The number of hydrogen-bond donors (Lipinski definition) is 1. The van der Waals surface area contributed by atoms with Crippen molar-refractivity contribution in [3.8, 4) is 0 Å². The molecule has 16 heavy (non-hydrogen) atoms. The molecule has 1 N–H and O–H groups in total. The summed E-state index contributed by atoms with van der Waals surface area (Å²) in [4.78, 5) is 4.05. The molecule has 1 atom stereocenters. The molecule has 2 aromatic heterocycles. The molecular formula is C12H12BrNOS. The van der Waals surface area contributed by atoms with Gasteiger partial charge in [-0.05, 0) is 62.8 Å². The van der Waals surface area contributed by atoms with Crippen LogP contribution in [0.5, 0.6) is 0 Å². The van der Waals surface area contributed by atoms with Crippen LogP contribution < -0.4 is 0 Å². The lowest BCUT2D eigenvalue weighted by Crippen LogP contribution is -1.99. The van der Waals surface area contributed by atoms with Crippen molar-refractivity contribution >= 4 is 27.3 Å². The third kappa shape index (κ3) is 3.14. The van der Waals surface area contributed by atoms with Gasteiger partial charge in [0.2, 0.25) is 0 Å². The number of aromatic nitrogens is 1. The Morgan fingerprint density at radius 1 is 1.44 bits per heavy atom. The summed E-state index contributed by atoms with van der Waals surface area (Å²) < 4.78 is 0.902. The number of pyridine rings is 1. The minimum Gasteiger partial charge on any atom is -0.388 e. The van der Waals surface area contributed by atoms with Gasteiger partial charge in [-0.25, -0.2) is 0 Å². The molecule has 0 aliphatic carbocycles. The van der Waals surface area contributed by atoms with Crippen LogP contribution in [0.15, 0.2) is 39.8 Å². The zero-order valence-electron chi connectivity index (χ0n) is 8.64. The highest BCUT2D eigenvalue weighted by Gasteiger charge is 2.08. The molecule has 0 aliphatic rings. The second kappa shape index (κ2) is 5.57. The van der Waals surface area contributed by atoms with Crippen molar-refractivity contribution in [2.24, 2.45) is 0 Å². The Labute approximate surface area is 107 Å². The van der Waals surface area contributed by atoms with Crippen LogP contribution in [0.3, 0.4) is 0 Å². The summed E-state index contributed by atoms with van der Waals surface area (Å²) in [7, 11) is 0. The highest BCUT2D eigenvalue weighted by Crippen LogP contribution is 2.21. The number of aliphatic hydroxyl groups excluding tert-OH is 1. The van der Waals surface area contributed by atoms with Crippen molar-refractivity contribution in [3.63, 3.8) is 0 Å². The van der Waals surface area contributed by atoms with Gasteiger partial charge < -0.3 is 5.11 Å². The van der Waals surface area contributed by atoms with E-state index in [0.717, 1.165) is 22.9 Å². The number of hydrogen-bond acceptors (Lipinski definition) is 3. The predicted molar refractivity (Wildman–Crippen MR) is 69.5 cm³/mol. The largest absolute Gasteiger partial charge is 0.388 e. The van der Waals surface area contributed by atoms with Gasteiger partial charge in [0.15, 0.2) is 0 Å². The molecule has 0 bridgehead atoms. The fourth-order valence-electron chi connectivity index (χ4n) is 1.52. The summed E-state index contributed by atoms with van der Waals surface area (Å²) in [6.45, 7) is 0. The van der Waals surface area contributed by atoms with E-state index in [-0.39, 0.29) is 0 Å². The Kier molecular flexibility index (Phi) is 4.09. The zero-order chi connectivity index (χ0) is 11.4. The standard InChI is InChI=1S/C12H12BrNOS/c13-11-5-10(6-14-7-11)12(15)2-1-9-3-4-16-8-9/h3-8,12,15H,1-2H2. The van der Waals surface area contributed by atoms with E-state index in [1.165, 1.54) is 5.56 Å². The number of thiophene rings is 1. The molecule has 0 aliphatic heterocycles.